The van der Waals surface area contributed by atoms with E-state index in [2.05, 4.69) is 15.2 Å². The maximum Gasteiger partial charge on any atom is 0.184 e. The number of hydrogen-bond donors (Lipinski definition) is 1. The molecule has 3 nitrogen and oxygen atoms in total. The monoisotopic (exact) mass is 333 g/mol. The summed E-state index contributed by atoms with van der Waals surface area (Å²) in [5.41, 5.74) is 2.15. The summed E-state index contributed by atoms with van der Waals surface area (Å²) in [7, 11) is 0. The molecule has 22 heavy (non-hydrogen) atoms. The Morgan fingerprint density at radius 3 is 2.41 bits per heavy atom. The van der Waals surface area contributed by atoms with E-state index in [0.29, 0.717) is 11.4 Å². The smallest absolute Gasteiger partial charge is 0.184 e. The average Bonchev–Trinajstić information content (AvgIpc) is 2.97. The fourth-order valence-electron chi connectivity index (χ4n) is 1.94. The Bertz CT molecular complexity index is 741. The first-order valence-corrected chi connectivity index (χ1v) is 8.08. The van der Waals surface area contributed by atoms with Crippen LogP contribution < -0.4 is 0 Å². The molecule has 0 atom stereocenters. The first-order chi connectivity index (χ1) is 10.7. The van der Waals surface area contributed by atoms with Crippen LogP contribution >= 0.6 is 23.4 Å². The zero-order valence-electron chi connectivity index (χ0n) is 11.6. The number of benzene rings is 2. The lowest BCUT2D eigenvalue weighted by molar-refractivity contribution is 0.627. The molecular formula is C16H13ClFN3S. The standard InChI is InChI=1S/C16H13ClFN3S/c17-13-5-1-11(2-6-13)9-15-19-16(21-20-15)22-10-12-3-7-14(18)8-4-12/h1-8H,9-10H2,(H,19,20,21). The van der Waals surface area contributed by atoms with Crippen LogP contribution in [0.1, 0.15) is 17.0 Å². The molecule has 3 rings (SSSR count). The third kappa shape index (κ3) is 4.08. The summed E-state index contributed by atoms with van der Waals surface area (Å²) in [6.45, 7) is 0. The van der Waals surface area contributed by atoms with Crippen molar-refractivity contribution >= 4 is 23.4 Å². The van der Waals surface area contributed by atoms with E-state index in [1.165, 1.54) is 12.1 Å². The highest BCUT2D eigenvalue weighted by atomic mass is 35.5. The fraction of sp³-hybridized carbons (Fsp3) is 0.125. The number of nitrogens with zero attached hydrogens (tertiary/aromatic N) is 2. The molecule has 0 fully saturated rings. The van der Waals surface area contributed by atoms with Crippen molar-refractivity contribution in [2.24, 2.45) is 0 Å². The van der Waals surface area contributed by atoms with Crippen LogP contribution in [0.3, 0.4) is 0 Å². The Balaban J connectivity index is 1.59. The van der Waals surface area contributed by atoms with Crippen molar-refractivity contribution in [3.05, 3.63) is 76.3 Å². The molecule has 6 heteroatoms. The lowest BCUT2D eigenvalue weighted by atomic mass is 10.1. The number of thioether (sulfide) groups is 1. The van der Waals surface area contributed by atoms with E-state index in [-0.39, 0.29) is 5.82 Å². The molecule has 2 aromatic carbocycles. The minimum absolute atomic E-state index is 0.223. The van der Waals surface area contributed by atoms with Gasteiger partial charge in [0, 0.05) is 17.2 Å². The maximum absolute atomic E-state index is 12.8. The largest absolute Gasteiger partial charge is 0.254 e. The molecule has 0 spiro atoms. The van der Waals surface area contributed by atoms with Crippen molar-refractivity contribution in [2.45, 2.75) is 17.3 Å². The van der Waals surface area contributed by atoms with Gasteiger partial charge in [0.25, 0.3) is 0 Å². The zero-order chi connectivity index (χ0) is 15.4. The van der Waals surface area contributed by atoms with Crippen molar-refractivity contribution in [1.29, 1.82) is 0 Å². The predicted octanol–water partition coefficient (Wildman–Crippen LogP) is 4.48. The Hall–Kier alpha value is -1.85. The summed E-state index contributed by atoms with van der Waals surface area (Å²) >= 11 is 7.40. The summed E-state index contributed by atoms with van der Waals surface area (Å²) < 4.78 is 12.8. The topological polar surface area (TPSA) is 41.6 Å². The van der Waals surface area contributed by atoms with Gasteiger partial charge in [-0.3, -0.25) is 5.10 Å². The summed E-state index contributed by atoms with van der Waals surface area (Å²) in [5, 5.41) is 8.61. The second-order valence-corrected chi connectivity index (χ2v) is 6.18. The molecule has 0 unspecified atom stereocenters. The normalized spacial score (nSPS) is 10.8. The van der Waals surface area contributed by atoms with Crippen molar-refractivity contribution in [3.8, 4) is 0 Å². The van der Waals surface area contributed by atoms with Crippen molar-refractivity contribution < 1.29 is 4.39 Å². The van der Waals surface area contributed by atoms with Crippen LogP contribution in [-0.2, 0) is 12.2 Å². The third-order valence-corrected chi connectivity index (χ3v) is 4.26. The molecule has 1 aromatic heterocycles. The highest BCUT2D eigenvalue weighted by Gasteiger charge is 2.05. The van der Waals surface area contributed by atoms with Crippen LogP contribution in [0.4, 0.5) is 4.39 Å². The van der Waals surface area contributed by atoms with Gasteiger partial charge in [-0.25, -0.2) is 9.37 Å². The maximum atomic E-state index is 12.8. The molecule has 1 N–H and O–H groups in total. The van der Waals surface area contributed by atoms with Gasteiger partial charge in [0.05, 0.1) is 0 Å². The zero-order valence-corrected chi connectivity index (χ0v) is 13.2. The van der Waals surface area contributed by atoms with Gasteiger partial charge < -0.3 is 0 Å². The van der Waals surface area contributed by atoms with E-state index in [4.69, 9.17) is 11.6 Å². The lowest BCUT2D eigenvalue weighted by Gasteiger charge is -1.98. The number of aromatic amines is 1. The van der Waals surface area contributed by atoms with Crippen LogP contribution in [0.15, 0.2) is 53.7 Å². The minimum Gasteiger partial charge on any atom is -0.254 e. The van der Waals surface area contributed by atoms with Gasteiger partial charge in [-0.1, -0.05) is 47.6 Å². The lowest BCUT2D eigenvalue weighted by Crippen LogP contribution is -1.90. The molecule has 0 radical (unpaired) electrons. The van der Waals surface area contributed by atoms with E-state index in [9.17, 15) is 4.39 Å². The van der Waals surface area contributed by atoms with Crippen molar-refractivity contribution in [1.82, 2.24) is 15.2 Å². The van der Waals surface area contributed by atoms with E-state index in [0.717, 1.165) is 27.9 Å². The Morgan fingerprint density at radius 2 is 1.68 bits per heavy atom. The van der Waals surface area contributed by atoms with E-state index in [1.807, 2.05) is 24.3 Å². The van der Waals surface area contributed by atoms with Crippen LogP contribution in [0.2, 0.25) is 5.02 Å². The van der Waals surface area contributed by atoms with Crippen molar-refractivity contribution in [2.75, 3.05) is 0 Å². The van der Waals surface area contributed by atoms with Gasteiger partial charge in [0.15, 0.2) is 11.0 Å². The predicted molar refractivity (Wildman–Crippen MR) is 86.6 cm³/mol. The number of rotatable bonds is 5. The minimum atomic E-state index is -0.223. The third-order valence-electron chi connectivity index (χ3n) is 3.08. The molecule has 0 aliphatic rings. The van der Waals surface area contributed by atoms with E-state index in [1.54, 1.807) is 23.9 Å². The average molecular weight is 334 g/mol. The molecule has 1 heterocycles. The van der Waals surface area contributed by atoms with Gasteiger partial charge in [-0.05, 0) is 35.4 Å². The molecule has 0 saturated carbocycles. The SMILES string of the molecule is Fc1ccc(CSc2nc(Cc3ccc(Cl)cc3)n[nH]2)cc1. The van der Waals surface area contributed by atoms with Crippen LogP contribution in [0.5, 0.6) is 0 Å². The number of aromatic nitrogens is 3. The van der Waals surface area contributed by atoms with E-state index < -0.39 is 0 Å². The Labute approximate surface area is 136 Å². The summed E-state index contributed by atoms with van der Waals surface area (Å²) in [6, 6.07) is 14.1. The van der Waals surface area contributed by atoms with E-state index >= 15 is 0 Å². The number of hydrogen-bond acceptors (Lipinski definition) is 3. The summed E-state index contributed by atoms with van der Waals surface area (Å²) in [4.78, 5) is 4.45. The van der Waals surface area contributed by atoms with Gasteiger partial charge >= 0.3 is 0 Å². The second-order valence-electron chi connectivity index (χ2n) is 4.78. The van der Waals surface area contributed by atoms with Gasteiger partial charge in [0.1, 0.15) is 5.82 Å². The summed E-state index contributed by atoms with van der Waals surface area (Å²) in [6.07, 6.45) is 0.658. The van der Waals surface area contributed by atoms with Crippen molar-refractivity contribution in [3.63, 3.8) is 0 Å². The number of nitrogens with one attached hydrogen (secondary N) is 1. The molecule has 0 amide bonds. The highest BCUT2D eigenvalue weighted by molar-refractivity contribution is 7.98. The molecule has 3 aromatic rings. The first-order valence-electron chi connectivity index (χ1n) is 6.72. The summed E-state index contributed by atoms with van der Waals surface area (Å²) in [5.74, 6) is 1.23. The van der Waals surface area contributed by atoms with Crippen LogP contribution in [0, 0.1) is 5.82 Å². The van der Waals surface area contributed by atoms with Gasteiger partial charge in [-0.2, -0.15) is 5.10 Å². The second kappa shape index (κ2) is 6.94. The molecule has 112 valence electrons. The van der Waals surface area contributed by atoms with Gasteiger partial charge in [-0.15, -0.1) is 0 Å². The molecule has 0 aliphatic heterocycles. The quantitative estimate of drug-likeness (QED) is 0.700. The van der Waals surface area contributed by atoms with Gasteiger partial charge in [0.2, 0.25) is 0 Å². The number of halogens is 2. The Morgan fingerprint density at radius 1 is 1.00 bits per heavy atom. The first kappa shape index (κ1) is 15.1. The molecule has 0 saturated heterocycles. The van der Waals surface area contributed by atoms with Crippen LogP contribution in [0.25, 0.3) is 0 Å². The molecular weight excluding hydrogens is 321 g/mol. The molecule has 0 bridgehead atoms. The Kier molecular flexibility index (Phi) is 4.75. The van der Waals surface area contributed by atoms with Crippen LogP contribution in [-0.4, -0.2) is 15.2 Å². The fourth-order valence-corrected chi connectivity index (χ4v) is 2.84. The number of H-pyrrole nitrogens is 1. The molecule has 0 aliphatic carbocycles. The highest BCUT2D eigenvalue weighted by Crippen LogP contribution is 2.20.